The predicted molar refractivity (Wildman–Crippen MR) is 68.1 cm³/mol. The molecule has 18 heavy (non-hydrogen) atoms. The molecule has 1 aliphatic rings. The van der Waals surface area contributed by atoms with Crippen molar-refractivity contribution in [3.05, 3.63) is 35.4 Å². The molecule has 0 radical (unpaired) electrons. The van der Waals surface area contributed by atoms with Crippen molar-refractivity contribution < 1.29 is 14.3 Å². The molecule has 1 aromatic rings. The molecule has 0 amide bonds. The quantitative estimate of drug-likeness (QED) is 0.606. The Morgan fingerprint density at radius 1 is 1.28 bits per heavy atom. The smallest absolute Gasteiger partial charge is 0.315 e. The van der Waals surface area contributed by atoms with E-state index in [1.165, 1.54) is 18.2 Å². The van der Waals surface area contributed by atoms with E-state index in [2.05, 4.69) is 16.9 Å². The molecule has 0 N–H and O–H groups in total. The van der Waals surface area contributed by atoms with Crippen molar-refractivity contribution in [1.29, 1.82) is 0 Å². The summed E-state index contributed by atoms with van der Waals surface area (Å²) < 4.78 is 4.63. The van der Waals surface area contributed by atoms with Crippen LogP contribution in [-0.2, 0) is 27.2 Å². The SMILES string of the molecule is COC(=O)C(C)C(=O)C1CCc2ccccc2C1. The van der Waals surface area contributed by atoms with Crippen LogP contribution < -0.4 is 0 Å². The van der Waals surface area contributed by atoms with Crippen LogP contribution in [0.1, 0.15) is 24.5 Å². The summed E-state index contributed by atoms with van der Waals surface area (Å²) in [7, 11) is 1.32. The number of rotatable bonds is 3. The van der Waals surface area contributed by atoms with Crippen LogP contribution in [0.2, 0.25) is 0 Å². The Bertz CT molecular complexity index is 465. The lowest BCUT2D eigenvalue weighted by Crippen LogP contribution is -2.31. The van der Waals surface area contributed by atoms with Gasteiger partial charge in [0.2, 0.25) is 0 Å². The second kappa shape index (κ2) is 5.34. The fourth-order valence-electron chi connectivity index (χ4n) is 2.59. The zero-order valence-corrected chi connectivity index (χ0v) is 10.8. The minimum atomic E-state index is -0.648. The molecule has 0 fully saturated rings. The van der Waals surface area contributed by atoms with E-state index in [9.17, 15) is 9.59 Å². The summed E-state index contributed by atoms with van der Waals surface area (Å²) in [5.74, 6) is -1.12. The Hall–Kier alpha value is -1.64. The minimum Gasteiger partial charge on any atom is -0.468 e. The van der Waals surface area contributed by atoms with Gasteiger partial charge in [-0.05, 0) is 37.3 Å². The van der Waals surface area contributed by atoms with Gasteiger partial charge in [-0.1, -0.05) is 24.3 Å². The maximum absolute atomic E-state index is 12.2. The lowest BCUT2D eigenvalue weighted by atomic mass is 9.79. The third kappa shape index (κ3) is 2.45. The highest BCUT2D eigenvalue weighted by molar-refractivity contribution is 5.99. The third-order valence-corrected chi connectivity index (χ3v) is 3.73. The van der Waals surface area contributed by atoms with Crippen LogP contribution >= 0.6 is 0 Å². The summed E-state index contributed by atoms with van der Waals surface area (Å²) in [4.78, 5) is 23.6. The summed E-state index contributed by atoms with van der Waals surface area (Å²) in [6.45, 7) is 1.63. The predicted octanol–water partition coefficient (Wildman–Crippen LogP) is 2.17. The van der Waals surface area contributed by atoms with E-state index in [4.69, 9.17) is 0 Å². The number of hydrogen-bond acceptors (Lipinski definition) is 3. The number of fused-ring (bicyclic) bond motifs is 1. The molecule has 2 unspecified atom stereocenters. The molecule has 96 valence electrons. The van der Waals surface area contributed by atoms with E-state index < -0.39 is 11.9 Å². The highest BCUT2D eigenvalue weighted by atomic mass is 16.5. The van der Waals surface area contributed by atoms with Crippen LogP contribution in [0, 0.1) is 11.8 Å². The molecule has 1 aliphatic carbocycles. The molecule has 0 saturated heterocycles. The van der Waals surface area contributed by atoms with Crippen molar-refractivity contribution in [3.63, 3.8) is 0 Å². The summed E-state index contributed by atoms with van der Waals surface area (Å²) >= 11 is 0. The fourth-order valence-corrected chi connectivity index (χ4v) is 2.59. The van der Waals surface area contributed by atoms with Crippen molar-refractivity contribution >= 4 is 11.8 Å². The Labute approximate surface area is 107 Å². The number of ether oxygens (including phenoxy) is 1. The number of aryl methyl sites for hydroxylation is 1. The summed E-state index contributed by atoms with van der Waals surface area (Å²) in [6.07, 6.45) is 2.49. The third-order valence-electron chi connectivity index (χ3n) is 3.73. The van der Waals surface area contributed by atoms with Crippen molar-refractivity contribution in [1.82, 2.24) is 0 Å². The molecule has 0 aromatic heterocycles. The van der Waals surface area contributed by atoms with Crippen molar-refractivity contribution in [2.75, 3.05) is 7.11 Å². The van der Waals surface area contributed by atoms with Crippen molar-refractivity contribution in [2.45, 2.75) is 26.2 Å². The maximum Gasteiger partial charge on any atom is 0.315 e. The molecule has 2 rings (SSSR count). The second-order valence-electron chi connectivity index (χ2n) is 4.86. The van der Waals surface area contributed by atoms with E-state index >= 15 is 0 Å². The summed E-state index contributed by atoms with van der Waals surface area (Å²) in [6, 6.07) is 8.20. The average molecular weight is 246 g/mol. The number of carbonyl (C=O) groups excluding carboxylic acids is 2. The Morgan fingerprint density at radius 3 is 2.61 bits per heavy atom. The van der Waals surface area contributed by atoms with Crippen molar-refractivity contribution in [2.24, 2.45) is 11.8 Å². The molecule has 0 spiro atoms. The Kier molecular flexibility index (Phi) is 3.80. The molecule has 3 nitrogen and oxygen atoms in total. The van der Waals surface area contributed by atoms with Gasteiger partial charge in [-0.15, -0.1) is 0 Å². The van der Waals surface area contributed by atoms with E-state index in [1.807, 2.05) is 12.1 Å². The van der Waals surface area contributed by atoms with Gasteiger partial charge in [0.1, 0.15) is 11.7 Å². The zero-order valence-electron chi connectivity index (χ0n) is 10.8. The first kappa shape index (κ1) is 12.8. The van der Waals surface area contributed by atoms with Gasteiger partial charge in [-0.3, -0.25) is 9.59 Å². The highest BCUT2D eigenvalue weighted by Gasteiger charge is 2.31. The normalized spacial score (nSPS) is 19.8. The van der Waals surface area contributed by atoms with Crippen LogP contribution in [0.25, 0.3) is 0 Å². The number of methoxy groups -OCH3 is 1. The van der Waals surface area contributed by atoms with E-state index in [0.717, 1.165) is 19.3 Å². The first-order valence-corrected chi connectivity index (χ1v) is 6.31. The Balaban J connectivity index is 2.09. The number of Topliss-reactive ketones (excluding diaryl/α,β-unsaturated/α-hetero) is 1. The van der Waals surface area contributed by atoms with E-state index in [0.29, 0.717) is 0 Å². The largest absolute Gasteiger partial charge is 0.468 e. The first-order chi connectivity index (χ1) is 8.63. The van der Waals surface area contributed by atoms with Gasteiger partial charge in [-0.2, -0.15) is 0 Å². The van der Waals surface area contributed by atoms with Crippen LogP contribution in [0.4, 0.5) is 0 Å². The van der Waals surface area contributed by atoms with E-state index in [1.54, 1.807) is 6.92 Å². The Morgan fingerprint density at radius 2 is 1.94 bits per heavy atom. The van der Waals surface area contributed by atoms with Crippen LogP contribution in [0.15, 0.2) is 24.3 Å². The van der Waals surface area contributed by atoms with Gasteiger partial charge >= 0.3 is 5.97 Å². The van der Waals surface area contributed by atoms with Crippen LogP contribution in [0.3, 0.4) is 0 Å². The highest BCUT2D eigenvalue weighted by Crippen LogP contribution is 2.27. The second-order valence-corrected chi connectivity index (χ2v) is 4.86. The standard InChI is InChI=1S/C15H18O3/c1-10(15(17)18-2)14(16)13-8-7-11-5-3-4-6-12(11)9-13/h3-6,10,13H,7-9H2,1-2H3. The molecule has 0 bridgehead atoms. The van der Waals surface area contributed by atoms with Gasteiger partial charge in [0, 0.05) is 5.92 Å². The first-order valence-electron chi connectivity index (χ1n) is 6.31. The number of carbonyl (C=O) groups is 2. The lowest BCUT2D eigenvalue weighted by molar-refractivity contribution is -0.149. The fraction of sp³-hybridized carbons (Fsp3) is 0.467. The van der Waals surface area contributed by atoms with Gasteiger partial charge < -0.3 is 4.74 Å². The van der Waals surface area contributed by atoms with Crippen molar-refractivity contribution in [3.8, 4) is 0 Å². The minimum absolute atomic E-state index is 0.0105. The van der Waals surface area contributed by atoms with Crippen LogP contribution in [-0.4, -0.2) is 18.9 Å². The topological polar surface area (TPSA) is 43.4 Å². The molecule has 1 aromatic carbocycles. The van der Waals surface area contributed by atoms with Gasteiger partial charge in [0.25, 0.3) is 0 Å². The average Bonchev–Trinajstić information content (AvgIpc) is 2.44. The number of esters is 1. The molecule has 0 aliphatic heterocycles. The summed E-state index contributed by atoms with van der Waals surface area (Å²) in [5.41, 5.74) is 2.56. The monoisotopic (exact) mass is 246 g/mol. The molecule has 0 heterocycles. The summed E-state index contributed by atoms with van der Waals surface area (Å²) in [5, 5.41) is 0. The van der Waals surface area contributed by atoms with Gasteiger partial charge in [0.05, 0.1) is 7.11 Å². The van der Waals surface area contributed by atoms with Gasteiger partial charge in [0.15, 0.2) is 0 Å². The van der Waals surface area contributed by atoms with Gasteiger partial charge in [-0.25, -0.2) is 0 Å². The number of hydrogen-bond donors (Lipinski definition) is 0. The number of benzene rings is 1. The van der Waals surface area contributed by atoms with E-state index in [-0.39, 0.29) is 11.7 Å². The maximum atomic E-state index is 12.2. The molecule has 2 atom stereocenters. The molecule has 0 saturated carbocycles. The zero-order chi connectivity index (χ0) is 13.1. The van der Waals surface area contributed by atoms with Crippen LogP contribution in [0.5, 0.6) is 0 Å². The lowest BCUT2D eigenvalue weighted by Gasteiger charge is -2.25. The number of ketones is 1. The molecular weight excluding hydrogens is 228 g/mol. The molecular formula is C15H18O3. The molecule has 3 heteroatoms.